The molecule has 1 heterocycles. The molecule has 0 bridgehead atoms. The van der Waals surface area contributed by atoms with E-state index in [1.165, 1.54) is 0 Å². The number of halogens is 3. The molecule has 1 aliphatic rings. The number of hydrogen-bond donors (Lipinski definition) is 1. The minimum atomic E-state index is -4.38. The summed E-state index contributed by atoms with van der Waals surface area (Å²) in [4.78, 5) is 13.4. The predicted molar refractivity (Wildman–Crippen MR) is 69.1 cm³/mol. The number of hydrogen-bond acceptors (Lipinski definition) is 3. The van der Waals surface area contributed by atoms with Gasteiger partial charge in [0.1, 0.15) is 6.54 Å². The van der Waals surface area contributed by atoms with Crippen molar-refractivity contribution >= 4 is 5.91 Å². The first kappa shape index (κ1) is 17.2. The van der Waals surface area contributed by atoms with Gasteiger partial charge in [-0.25, -0.2) is 0 Å². The second kappa shape index (κ2) is 7.26. The van der Waals surface area contributed by atoms with E-state index in [0.29, 0.717) is 32.5 Å². The van der Waals surface area contributed by atoms with Crippen LogP contribution in [-0.4, -0.2) is 49.8 Å². The van der Waals surface area contributed by atoms with Gasteiger partial charge in [-0.05, 0) is 19.3 Å². The van der Waals surface area contributed by atoms with Crippen molar-refractivity contribution in [2.24, 2.45) is 11.1 Å². The van der Waals surface area contributed by atoms with Gasteiger partial charge in [0.05, 0.1) is 5.41 Å². The van der Waals surface area contributed by atoms with Crippen LogP contribution < -0.4 is 5.73 Å². The Morgan fingerprint density at radius 1 is 1.35 bits per heavy atom. The zero-order valence-electron chi connectivity index (χ0n) is 11.8. The Labute approximate surface area is 117 Å². The monoisotopic (exact) mass is 296 g/mol. The maximum absolute atomic E-state index is 12.6. The van der Waals surface area contributed by atoms with Gasteiger partial charge in [-0.1, -0.05) is 13.3 Å². The fourth-order valence-corrected chi connectivity index (χ4v) is 2.42. The summed E-state index contributed by atoms with van der Waals surface area (Å²) in [6.07, 6.45) is -2.31. The van der Waals surface area contributed by atoms with Crippen molar-refractivity contribution in [2.45, 2.75) is 38.8 Å². The number of rotatable bonds is 6. The second-order valence-electron chi connectivity index (χ2n) is 5.29. The molecule has 1 saturated heterocycles. The van der Waals surface area contributed by atoms with Gasteiger partial charge < -0.3 is 15.4 Å². The normalized spacial score (nSPS) is 18.9. The van der Waals surface area contributed by atoms with E-state index in [1.54, 1.807) is 0 Å². The number of amides is 1. The predicted octanol–water partition coefficient (Wildman–Crippen LogP) is 1.93. The minimum absolute atomic E-state index is 0.0652. The van der Waals surface area contributed by atoms with E-state index in [1.807, 2.05) is 6.92 Å². The van der Waals surface area contributed by atoms with Gasteiger partial charge in [0.2, 0.25) is 5.91 Å². The summed E-state index contributed by atoms with van der Waals surface area (Å²) in [5.74, 6) is -0.478. The molecule has 0 atom stereocenters. The molecule has 0 unspecified atom stereocenters. The Morgan fingerprint density at radius 3 is 2.40 bits per heavy atom. The number of unbranched alkanes of at least 4 members (excludes halogenated alkanes) is 1. The van der Waals surface area contributed by atoms with Gasteiger partial charge >= 0.3 is 6.18 Å². The standard InChI is InChI=1S/C13H23F3N2O2/c1-2-3-6-18(10-13(14,15)16)11(19)12(9-17)4-7-20-8-5-12/h2-10,17H2,1H3. The number of nitrogens with two attached hydrogens (primary N) is 1. The van der Waals surface area contributed by atoms with Crippen LogP contribution >= 0.6 is 0 Å². The maximum Gasteiger partial charge on any atom is 0.406 e. The van der Waals surface area contributed by atoms with Crippen LogP contribution in [0.15, 0.2) is 0 Å². The van der Waals surface area contributed by atoms with Gasteiger partial charge in [0.25, 0.3) is 0 Å². The molecule has 1 rings (SSSR count). The van der Waals surface area contributed by atoms with Crippen LogP contribution in [0.3, 0.4) is 0 Å². The Kier molecular flexibility index (Phi) is 6.26. The molecule has 0 aromatic rings. The van der Waals surface area contributed by atoms with Gasteiger partial charge in [0, 0.05) is 26.3 Å². The number of ether oxygens (including phenoxy) is 1. The highest BCUT2D eigenvalue weighted by Crippen LogP contribution is 2.33. The SMILES string of the molecule is CCCCN(CC(F)(F)F)C(=O)C1(CN)CCOCC1. The van der Waals surface area contributed by atoms with Gasteiger partial charge in [-0.2, -0.15) is 13.2 Å². The van der Waals surface area contributed by atoms with Crippen LogP contribution in [-0.2, 0) is 9.53 Å². The van der Waals surface area contributed by atoms with Crippen LogP contribution in [0.5, 0.6) is 0 Å². The van der Waals surface area contributed by atoms with Crippen LogP contribution in [0, 0.1) is 5.41 Å². The molecule has 0 aromatic heterocycles. The lowest BCUT2D eigenvalue weighted by Gasteiger charge is -2.39. The maximum atomic E-state index is 12.6. The number of carbonyl (C=O) groups is 1. The van der Waals surface area contributed by atoms with E-state index in [4.69, 9.17) is 10.5 Å². The largest absolute Gasteiger partial charge is 0.406 e. The van der Waals surface area contributed by atoms with E-state index in [9.17, 15) is 18.0 Å². The van der Waals surface area contributed by atoms with E-state index >= 15 is 0 Å². The van der Waals surface area contributed by atoms with Crippen molar-refractivity contribution in [1.82, 2.24) is 4.90 Å². The lowest BCUT2D eigenvalue weighted by atomic mass is 9.78. The van der Waals surface area contributed by atoms with Crippen LogP contribution in [0.4, 0.5) is 13.2 Å². The number of nitrogens with zero attached hydrogens (tertiary/aromatic N) is 1. The minimum Gasteiger partial charge on any atom is -0.381 e. The van der Waals surface area contributed by atoms with Crippen molar-refractivity contribution in [3.8, 4) is 0 Å². The Bertz CT molecular complexity index is 315. The molecule has 7 heteroatoms. The van der Waals surface area contributed by atoms with Gasteiger partial charge in [-0.15, -0.1) is 0 Å². The quantitative estimate of drug-likeness (QED) is 0.815. The molecule has 0 spiro atoms. The van der Waals surface area contributed by atoms with Gasteiger partial charge in [0.15, 0.2) is 0 Å². The molecule has 1 amide bonds. The van der Waals surface area contributed by atoms with Crippen molar-refractivity contribution < 1.29 is 22.7 Å². The lowest BCUT2D eigenvalue weighted by Crippen LogP contribution is -2.53. The summed E-state index contributed by atoms with van der Waals surface area (Å²) in [6, 6.07) is 0. The summed E-state index contributed by atoms with van der Waals surface area (Å²) in [7, 11) is 0. The van der Waals surface area contributed by atoms with E-state index in [0.717, 1.165) is 11.3 Å². The molecular weight excluding hydrogens is 273 g/mol. The fourth-order valence-electron chi connectivity index (χ4n) is 2.42. The first-order valence-corrected chi connectivity index (χ1v) is 6.98. The summed E-state index contributed by atoms with van der Waals surface area (Å²) < 4.78 is 43.1. The first-order chi connectivity index (χ1) is 9.34. The van der Waals surface area contributed by atoms with Gasteiger partial charge in [-0.3, -0.25) is 4.79 Å². The molecule has 118 valence electrons. The smallest absolute Gasteiger partial charge is 0.381 e. The zero-order chi connectivity index (χ0) is 15.2. The summed E-state index contributed by atoms with van der Waals surface area (Å²) >= 11 is 0. The molecule has 0 aliphatic carbocycles. The molecule has 1 aliphatic heterocycles. The average molecular weight is 296 g/mol. The van der Waals surface area contributed by atoms with Crippen molar-refractivity contribution in [3.05, 3.63) is 0 Å². The molecule has 1 fully saturated rings. The Hall–Kier alpha value is -0.820. The third-order valence-electron chi connectivity index (χ3n) is 3.73. The molecule has 0 aromatic carbocycles. The first-order valence-electron chi connectivity index (χ1n) is 6.98. The third kappa shape index (κ3) is 4.63. The van der Waals surface area contributed by atoms with Crippen LogP contribution in [0.2, 0.25) is 0 Å². The summed E-state index contributed by atoms with van der Waals surface area (Å²) in [5, 5.41) is 0. The van der Waals surface area contributed by atoms with Crippen LogP contribution in [0.25, 0.3) is 0 Å². The number of alkyl halides is 3. The molecular formula is C13H23F3N2O2. The van der Waals surface area contributed by atoms with Crippen molar-refractivity contribution in [2.75, 3.05) is 32.8 Å². The van der Waals surface area contributed by atoms with E-state index < -0.39 is 24.0 Å². The van der Waals surface area contributed by atoms with Crippen molar-refractivity contribution in [3.63, 3.8) is 0 Å². The van der Waals surface area contributed by atoms with Crippen LogP contribution in [0.1, 0.15) is 32.6 Å². The summed E-state index contributed by atoms with van der Waals surface area (Å²) in [6.45, 7) is 1.61. The molecule has 4 nitrogen and oxygen atoms in total. The third-order valence-corrected chi connectivity index (χ3v) is 3.73. The van der Waals surface area contributed by atoms with Crippen molar-refractivity contribution in [1.29, 1.82) is 0 Å². The summed E-state index contributed by atoms with van der Waals surface area (Å²) in [5.41, 5.74) is 4.79. The lowest BCUT2D eigenvalue weighted by molar-refractivity contribution is -0.171. The zero-order valence-corrected chi connectivity index (χ0v) is 11.8. The molecule has 0 saturated carbocycles. The second-order valence-corrected chi connectivity index (χ2v) is 5.29. The highest BCUT2D eigenvalue weighted by Gasteiger charge is 2.44. The van der Waals surface area contributed by atoms with E-state index in [2.05, 4.69) is 0 Å². The number of carbonyl (C=O) groups excluding carboxylic acids is 1. The molecule has 2 N–H and O–H groups in total. The highest BCUT2D eigenvalue weighted by atomic mass is 19.4. The fraction of sp³-hybridized carbons (Fsp3) is 0.923. The Morgan fingerprint density at radius 2 is 1.95 bits per heavy atom. The average Bonchev–Trinajstić information content (AvgIpc) is 2.42. The molecule has 20 heavy (non-hydrogen) atoms. The highest BCUT2D eigenvalue weighted by molar-refractivity contribution is 5.83. The molecule has 0 radical (unpaired) electrons. The topological polar surface area (TPSA) is 55.6 Å². The van der Waals surface area contributed by atoms with E-state index in [-0.39, 0.29) is 13.1 Å². The Balaban J connectivity index is 2.83.